The van der Waals surface area contributed by atoms with Gasteiger partial charge in [-0.25, -0.2) is 4.39 Å². The maximum atomic E-state index is 14.1. The van der Waals surface area contributed by atoms with Crippen LogP contribution in [0.4, 0.5) is 10.1 Å². The minimum Gasteiger partial charge on any atom is -0.488 e. The summed E-state index contributed by atoms with van der Waals surface area (Å²) in [6.07, 6.45) is 0. The summed E-state index contributed by atoms with van der Waals surface area (Å²) in [6.45, 7) is 1.79. The van der Waals surface area contributed by atoms with Crippen LogP contribution in [0.15, 0.2) is 71.2 Å². The molecule has 0 saturated carbocycles. The normalized spacial score (nSPS) is 25.3. The van der Waals surface area contributed by atoms with E-state index in [9.17, 15) is 19.3 Å². The van der Waals surface area contributed by atoms with Crippen LogP contribution in [-0.2, 0) is 16.9 Å². The molecule has 7 nitrogen and oxygen atoms in total. The van der Waals surface area contributed by atoms with Gasteiger partial charge in [-0.3, -0.25) is 20.2 Å². The first-order valence-electron chi connectivity index (χ1n) is 10.8. The number of benzene rings is 3. The maximum absolute atomic E-state index is 14.1. The summed E-state index contributed by atoms with van der Waals surface area (Å²) in [5.41, 5.74) is 0.543. The van der Waals surface area contributed by atoms with Gasteiger partial charge in [0.1, 0.15) is 18.2 Å². The Morgan fingerprint density at radius 1 is 1.15 bits per heavy atom. The lowest BCUT2D eigenvalue weighted by molar-refractivity contribution is -0.532. The van der Waals surface area contributed by atoms with Crippen molar-refractivity contribution in [1.82, 2.24) is 5.32 Å². The number of amides is 1. The van der Waals surface area contributed by atoms with Gasteiger partial charge in [-0.05, 0) is 37.3 Å². The Hall–Kier alpha value is -3.30. The van der Waals surface area contributed by atoms with Crippen LogP contribution in [0.1, 0.15) is 29.5 Å². The Balaban J connectivity index is 1.59. The topological polar surface area (TPSA) is 93.5 Å². The van der Waals surface area contributed by atoms with E-state index in [1.54, 1.807) is 60.7 Å². The second-order valence-corrected chi connectivity index (χ2v) is 9.47. The van der Waals surface area contributed by atoms with Crippen LogP contribution in [0.25, 0.3) is 0 Å². The highest BCUT2D eigenvalue weighted by atomic mass is 79.9. The highest BCUT2D eigenvalue weighted by molar-refractivity contribution is 9.10. The minimum atomic E-state index is -1.52. The molecule has 2 N–H and O–H groups in total. The second kappa shape index (κ2) is 8.48. The molecular weight excluding hydrogens is 505 g/mol. The fourth-order valence-corrected chi connectivity index (χ4v) is 5.58. The van der Waals surface area contributed by atoms with Crippen molar-refractivity contribution in [1.29, 1.82) is 0 Å². The molecule has 2 aliphatic rings. The minimum absolute atomic E-state index is 0.0343. The largest absolute Gasteiger partial charge is 0.488 e. The van der Waals surface area contributed by atoms with E-state index in [4.69, 9.17) is 4.74 Å². The molecule has 5 rings (SSSR count). The standard InChI is InChI=1S/C25H21BrFN3O4/c1-14-22(17-12-16(26)10-11-21(17)34-13-15-6-2-4-8-19(15)27)23(30(32)33)25(29-14)18-7-3-5-9-20(18)28-24(25)31/h2-12,14,22-23,29H,13H2,1H3,(H,28,31)/t14-,22-,23-,25-/m0/s1. The molecule has 174 valence electrons. The van der Waals surface area contributed by atoms with Gasteiger partial charge < -0.3 is 10.1 Å². The lowest BCUT2D eigenvalue weighted by atomic mass is 9.78. The quantitative estimate of drug-likeness (QED) is 0.370. The van der Waals surface area contributed by atoms with Crippen LogP contribution in [0.3, 0.4) is 0 Å². The lowest BCUT2D eigenvalue weighted by Gasteiger charge is -2.26. The van der Waals surface area contributed by atoms with E-state index < -0.39 is 35.3 Å². The Morgan fingerprint density at radius 2 is 1.88 bits per heavy atom. The number of hydrogen-bond acceptors (Lipinski definition) is 5. The van der Waals surface area contributed by atoms with Crippen LogP contribution >= 0.6 is 15.9 Å². The Morgan fingerprint density at radius 3 is 2.65 bits per heavy atom. The predicted molar refractivity (Wildman–Crippen MR) is 128 cm³/mol. The van der Waals surface area contributed by atoms with Gasteiger partial charge in [-0.2, -0.15) is 0 Å². The zero-order valence-electron chi connectivity index (χ0n) is 18.1. The first-order chi connectivity index (χ1) is 16.3. The molecule has 0 unspecified atom stereocenters. The average molecular weight is 526 g/mol. The number of nitrogens with zero attached hydrogens (tertiary/aromatic N) is 1. The van der Waals surface area contributed by atoms with E-state index in [0.29, 0.717) is 32.6 Å². The number of ether oxygens (including phenoxy) is 1. The van der Waals surface area contributed by atoms with Gasteiger partial charge in [0.25, 0.3) is 11.9 Å². The molecule has 1 spiro atoms. The number of rotatable bonds is 5. The van der Waals surface area contributed by atoms with Crippen molar-refractivity contribution in [2.24, 2.45) is 0 Å². The summed E-state index contributed by atoms with van der Waals surface area (Å²) >= 11 is 3.46. The molecule has 4 atom stereocenters. The van der Waals surface area contributed by atoms with Crippen LogP contribution < -0.4 is 15.4 Å². The van der Waals surface area contributed by atoms with Crippen LogP contribution in [-0.4, -0.2) is 22.9 Å². The molecule has 0 aromatic heterocycles. The molecule has 3 aromatic rings. The lowest BCUT2D eigenvalue weighted by Crippen LogP contribution is -2.54. The third-order valence-electron chi connectivity index (χ3n) is 6.64. The number of carbonyl (C=O) groups is 1. The van der Waals surface area contributed by atoms with Gasteiger partial charge in [-0.1, -0.05) is 52.3 Å². The molecule has 34 heavy (non-hydrogen) atoms. The molecule has 2 heterocycles. The van der Waals surface area contributed by atoms with Gasteiger partial charge in [0.2, 0.25) is 0 Å². The summed E-state index contributed by atoms with van der Waals surface area (Å²) in [6, 6.07) is 16.8. The van der Waals surface area contributed by atoms with E-state index in [1.165, 1.54) is 6.07 Å². The van der Waals surface area contributed by atoms with E-state index in [1.807, 2.05) is 6.92 Å². The van der Waals surface area contributed by atoms with Gasteiger partial charge in [0.15, 0.2) is 5.54 Å². The molecule has 1 saturated heterocycles. The third-order valence-corrected chi connectivity index (χ3v) is 7.13. The van der Waals surface area contributed by atoms with Crippen LogP contribution in [0, 0.1) is 15.9 Å². The van der Waals surface area contributed by atoms with E-state index in [-0.39, 0.29) is 11.5 Å². The number of fused-ring (bicyclic) bond motifs is 2. The molecule has 2 aliphatic heterocycles. The van der Waals surface area contributed by atoms with Crippen molar-refractivity contribution in [2.45, 2.75) is 37.1 Å². The molecule has 0 bridgehead atoms. The van der Waals surface area contributed by atoms with Gasteiger partial charge in [0, 0.05) is 37.8 Å². The van der Waals surface area contributed by atoms with Crippen LogP contribution in [0.5, 0.6) is 5.75 Å². The second-order valence-electron chi connectivity index (χ2n) is 8.56. The monoisotopic (exact) mass is 525 g/mol. The first-order valence-corrected chi connectivity index (χ1v) is 11.6. The third kappa shape index (κ3) is 3.47. The summed E-state index contributed by atoms with van der Waals surface area (Å²) in [5, 5.41) is 18.6. The van der Waals surface area contributed by atoms with Crippen molar-refractivity contribution in [3.8, 4) is 5.75 Å². The fraction of sp³-hybridized carbons (Fsp3) is 0.240. The molecule has 9 heteroatoms. The number of halogens is 2. The zero-order valence-corrected chi connectivity index (χ0v) is 19.7. The Kier molecular flexibility index (Phi) is 5.61. The fourth-order valence-electron chi connectivity index (χ4n) is 5.20. The SMILES string of the molecule is C[C@@H]1N[C@]2(C(=O)Nc3ccccc32)[C@@H]([N+](=O)[O-])[C@@H]1c1cc(Br)ccc1OCc1ccccc1F. The van der Waals surface area contributed by atoms with Crippen molar-refractivity contribution < 1.29 is 18.8 Å². The van der Waals surface area contributed by atoms with Crippen LogP contribution in [0.2, 0.25) is 0 Å². The molecule has 0 radical (unpaired) electrons. The molecule has 0 aliphatic carbocycles. The summed E-state index contributed by atoms with van der Waals surface area (Å²) < 4.78 is 20.8. The average Bonchev–Trinajstić information content (AvgIpc) is 3.27. The molecule has 1 fully saturated rings. The van der Waals surface area contributed by atoms with Crippen molar-refractivity contribution in [2.75, 3.05) is 5.32 Å². The number of nitrogens with one attached hydrogen (secondary N) is 2. The summed E-state index contributed by atoms with van der Waals surface area (Å²) in [5.74, 6) is -1.13. The zero-order chi connectivity index (χ0) is 24.0. The number of hydrogen-bond donors (Lipinski definition) is 2. The molecule has 1 amide bonds. The summed E-state index contributed by atoms with van der Waals surface area (Å²) in [7, 11) is 0. The number of para-hydroxylation sites is 1. The van der Waals surface area contributed by atoms with E-state index in [0.717, 1.165) is 0 Å². The Bertz CT molecular complexity index is 1300. The van der Waals surface area contributed by atoms with Crippen molar-refractivity contribution in [3.63, 3.8) is 0 Å². The predicted octanol–water partition coefficient (Wildman–Crippen LogP) is 4.74. The smallest absolute Gasteiger partial charge is 0.256 e. The highest BCUT2D eigenvalue weighted by Crippen LogP contribution is 2.51. The van der Waals surface area contributed by atoms with Gasteiger partial charge in [0.05, 0.1) is 5.92 Å². The van der Waals surface area contributed by atoms with Crippen molar-refractivity contribution in [3.05, 3.63) is 104 Å². The number of carbonyl (C=O) groups excluding carboxylic acids is 1. The number of nitro groups is 1. The first kappa shape index (κ1) is 22.5. The van der Waals surface area contributed by atoms with E-state index >= 15 is 0 Å². The van der Waals surface area contributed by atoms with E-state index in [2.05, 4.69) is 26.6 Å². The van der Waals surface area contributed by atoms with Gasteiger partial charge >= 0.3 is 0 Å². The maximum Gasteiger partial charge on any atom is 0.256 e. The molecular formula is C25H21BrFN3O4. The van der Waals surface area contributed by atoms with Crippen molar-refractivity contribution >= 4 is 27.5 Å². The number of anilines is 1. The molecule has 3 aromatic carbocycles. The Labute approximate surface area is 203 Å². The van der Waals surface area contributed by atoms with Gasteiger partial charge in [-0.15, -0.1) is 0 Å². The summed E-state index contributed by atoms with van der Waals surface area (Å²) in [4.78, 5) is 25.4. The highest BCUT2D eigenvalue weighted by Gasteiger charge is 2.68.